The van der Waals surface area contributed by atoms with E-state index < -0.39 is 0 Å². The van der Waals surface area contributed by atoms with Crippen LogP contribution in [0, 0.1) is 0 Å². The molecular weight excluding hydrogens is 438 g/mol. The zero-order chi connectivity index (χ0) is 24.3. The van der Waals surface area contributed by atoms with Gasteiger partial charge in [0.1, 0.15) is 18.1 Å². The molecule has 0 atom stereocenters. The lowest BCUT2D eigenvalue weighted by atomic mass is 10.1. The minimum atomic E-state index is -0.199. The van der Waals surface area contributed by atoms with E-state index in [2.05, 4.69) is 5.32 Å². The van der Waals surface area contributed by atoms with Crippen LogP contribution in [0.15, 0.2) is 103 Å². The first kappa shape index (κ1) is 24.0. The average Bonchev–Trinajstić information content (AvgIpc) is 2.90. The fourth-order valence-electron chi connectivity index (χ4n) is 3.56. The lowest BCUT2D eigenvalue weighted by Crippen LogP contribution is -2.13. The number of carbonyl (C=O) groups excluding carboxylic acids is 1. The summed E-state index contributed by atoms with van der Waals surface area (Å²) in [5, 5.41) is 2.94. The summed E-state index contributed by atoms with van der Waals surface area (Å²) < 4.78 is 17.4. The second-order valence-corrected chi connectivity index (χ2v) is 7.99. The lowest BCUT2D eigenvalue weighted by molar-refractivity contribution is 0.101. The first-order valence-electron chi connectivity index (χ1n) is 11.7. The molecule has 0 aliphatic carbocycles. The summed E-state index contributed by atoms with van der Waals surface area (Å²) in [5.74, 6) is 1.26. The van der Waals surface area contributed by atoms with E-state index >= 15 is 0 Å². The monoisotopic (exact) mass is 467 g/mol. The van der Waals surface area contributed by atoms with Gasteiger partial charge in [-0.05, 0) is 60.5 Å². The molecule has 0 radical (unpaired) electrons. The molecule has 1 N–H and O–H groups in total. The SMILES string of the molecule is CCOc1ccc(C(=O)Nc2ccc(OCc3ccccc3)cc2)cc1COCc1ccccc1. The standard InChI is InChI=1S/C30H29NO4/c1-2-34-29-18-13-25(19-26(29)22-33-20-23-9-5-3-6-10-23)30(32)31-27-14-16-28(17-15-27)35-21-24-11-7-4-8-12-24/h3-19H,2,20-22H2,1H3,(H,31,32). The van der Waals surface area contributed by atoms with Crippen molar-refractivity contribution in [2.45, 2.75) is 26.7 Å². The molecule has 4 aromatic carbocycles. The van der Waals surface area contributed by atoms with Gasteiger partial charge in [-0.2, -0.15) is 0 Å². The average molecular weight is 468 g/mol. The highest BCUT2D eigenvalue weighted by molar-refractivity contribution is 6.04. The fraction of sp³-hybridized carbons (Fsp3) is 0.167. The number of ether oxygens (including phenoxy) is 3. The summed E-state index contributed by atoms with van der Waals surface area (Å²) in [6.07, 6.45) is 0. The number of nitrogens with one attached hydrogen (secondary N) is 1. The van der Waals surface area contributed by atoms with Gasteiger partial charge < -0.3 is 19.5 Å². The molecule has 0 unspecified atom stereocenters. The molecule has 0 fully saturated rings. The van der Waals surface area contributed by atoms with E-state index in [9.17, 15) is 4.79 Å². The van der Waals surface area contributed by atoms with Crippen molar-refractivity contribution in [2.75, 3.05) is 11.9 Å². The number of amides is 1. The quantitative estimate of drug-likeness (QED) is 0.269. The van der Waals surface area contributed by atoms with Gasteiger partial charge >= 0.3 is 0 Å². The predicted octanol–water partition coefficient (Wildman–Crippen LogP) is 6.63. The van der Waals surface area contributed by atoms with Crippen molar-refractivity contribution in [1.82, 2.24) is 0 Å². The number of anilines is 1. The van der Waals surface area contributed by atoms with Crippen LogP contribution in [0.1, 0.15) is 34.0 Å². The molecule has 35 heavy (non-hydrogen) atoms. The van der Waals surface area contributed by atoms with Gasteiger partial charge in [0.15, 0.2) is 0 Å². The van der Waals surface area contributed by atoms with E-state index in [4.69, 9.17) is 14.2 Å². The van der Waals surface area contributed by atoms with Crippen LogP contribution in [0.25, 0.3) is 0 Å². The molecule has 4 rings (SSSR count). The molecule has 0 saturated heterocycles. The maximum atomic E-state index is 12.9. The van der Waals surface area contributed by atoms with Crippen molar-refractivity contribution in [3.05, 3.63) is 125 Å². The van der Waals surface area contributed by atoms with Crippen LogP contribution in [0.5, 0.6) is 11.5 Å². The van der Waals surface area contributed by atoms with Crippen molar-refractivity contribution in [2.24, 2.45) is 0 Å². The molecule has 0 spiro atoms. The number of rotatable bonds is 11. The number of carbonyl (C=O) groups is 1. The topological polar surface area (TPSA) is 56.8 Å². The molecule has 1 amide bonds. The summed E-state index contributed by atoms with van der Waals surface area (Å²) in [7, 11) is 0. The second-order valence-electron chi connectivity index (χ2n) is 7.99. The first-order chi connectivity index (χ1) is 17.2. The van der Waals surface area contributed by atoms with Crippen LogP contribution in [-0.2, 0) is 24.6 Å². The van der Waals surface area contributed by atoms with Crippen molar-refractivity contribution < 1.29 is 19.0 Å². The number of hydrogen-bond donors (Lipinski definition) is 1. The Balaban J connectivity index is 1.36. The van der Waals surface area contributed by atoms with Crippen LogP contribution >= 0.6 is 0 Å². The van der Waals surface area contributed by atoms with Crippen LogP contribution in [0.3, 0.4) is 0 Å². The third-order valence-electron chi connectivity index (χ3n) is 5.35. The van der Waals surface area contributed by atoms with E-state index in [-0.39, 0.29) is 5.91 Å². The Labute approximate surface area is 206 Å². The lowest BCUT2D eigenvalue weighted by Gasteiger charge is -2.13. The molecule has 0 aromatic heterocycles. The zero-order valence-electron chi connectivity index (χ0n) is 19.8. The molecule has 178 valence electrons. The predicted molar refractivity (Wildman–Crippen MR) is 138 cm³/mol. The fourth-order valence-corrected chi connectivity index (χ4v) is 3.56. The summed E-state index contributed by atoms with van der Waals surface area (Å²) in [5.41, 5.74) is 4.26. The largest absolute Gasteiger partial charge is 0.494 e. The van der Waals surface area contributed by atoms with Gasteiger partial charge in [0.05, 0.1) is 19.8 Å². The zero-order valence-corrected chi connectivity index (χ0v) is 19.8. The van der Waals surface area contributed by atoms with Crippen LogP contribution in [0.2, 0.25) is 0 Å². The summed E-state index contributed by atoms with van der Waals surface area (Å²) in [4.78, 5) is 12.9. The van der Waals surface area contributed by atoms with E-state index in [1.54, 1.807) is 6.07 Å². The number of benzene rings is 4. The summed E-state index contributed by atoms with van der Waals surface area (Å²) in [6, 6.07) is 32.7. The third kappa shape index (κ3) is 7.19. The maximum Gasteiger partial charge on any atom is 0.255 e. The van der Waals surface area contributed by atoms with Gasteiger partial charge in [0.25, 0.3) is 5.91 Å². The Kier molecular flexibility index (Phi) is 8.52. The van der Waals surface area contributed by atoms with Gasteiger partial charge in [0.2, 0.25) is 0 Å². The van der Waals surface area contributed by atoms with Gasteiger partial charge in [0, 0.05) is 16.8 Å². The highest BCUT2D eigenvalue weighted by Crippen LogP contribution is 2.23. The Morgan fingerprint density at radius 1 is 0.714 bits per heavy atom. The molecule has 5 nitrogen and oxygen atoms in total. The Morgan fingerprint density at radius 3 is 2.03 bits per heavy atom. The number of hydrogen-bond acceptors (Lipinski definition) is 4. The van der Waals surface area contributed by atoms with Gasteiger partial charge in [-0.1, -0.05) is 60.7 Å². The Bertz CT molecular complexity index is 1210. The maximum absolute atomic E-state index is 12.9. The first-order valence-corrected chi connectivity index (χ1v) is 11.7. The van der Waals surface area contributed by atoms with Crippen molar-refractivity contribution in [1.29, 1.82) is 0 Å². The van der Waals surface area contributed by atoms with Crippen LogP contribution < -0.4 is 14.8 Å². The summed E-state index contributed by atoms with van der Waals surface area (Å²) >= 11 is 0. The highest BCUT2D eigenvalue weighted by atomic mass is 16.5. The van der Waals surface area contributed by atoms with Crippen molar-refractivity contribution >= 4 is 11.6 Å². The normalized spacial score (nSPS) is 10.5. The minimum Gasteiger partial charge on any atom is -0.494 e. The molecule has 0 saturated carbocycles. The Morgan fingerprint density at radius 2 is 1.37 bits per heavy atom. The van der Waals surface area contributed by atoms with Gasteiger partial charge in [-0.25, -0.2) is 0 Å². The van der Waals surface area contributed by atoms with E-state index in [1.807, 2.05) is 104 Å². The highest BCUT2D eigenvalue weighted by Gasteiger charge is 2.12. The van der Waals surface area contributed by atoms with Crippen molar-refractivity contribution in [3.63, 3.8) is 0 Å². The molecule has 0 aliphatic heterocycles. The van der Waals surface area contributed by atoms with E-state index in [1.165, 1.54) is 0 Å². The second kappa shape index (κ2) is 12.4. The van der Waals surface area contributed by atoms with E-state index in [0.29, 0.717) is 37.7 Å². The third-order valence-corrected chi connectivity index (χ3v) is 5.35. The summed E-state index contributed by atoms with van der Waals surface area (Å²) in [6.45, 7) is 3.80. The van der Waals surface area contributed by atoms with Crippen LogP contribution in [-0.4, -0.2) is 12.5 Å². The van der Waals surface area contributed by atoms with Gasteiger partial charge in [-0.3, -0.25) is 4.79 Å². The molecular formula is C30H29NO4. The van der Waals surface area contributed by atoms with Crippen LogP contribution in [0.4, 0.5) is 5.69 Å². The molecule has 0 bridgehead atoms. The molecule has 0 heterocycles. The molecule has 4 aromatic rings. The Hall–Kier alpha value is -4.09. The van der Waals surface area contributed by atoms with E-state index in [0.717, 1.165) is 28.2 Å². The minimum absolute atomic E-state index is 0.199. The molecule has 0 aliphatic rings. The molecule has 5 heteroatoms. The van der Waals surface area contributed by atoms with Gasteiger partial charge in [-0.15, -0.1) is 0 Å². The van der Waals surface area contributed by atoms with Crippen molar-refractivity contribution in [3.8, 4) is 11.5 Å². The smallest absolute Gasteiger partial charge is 0.255 e.